The molecule has 1 fully saturated rings. The Balaban J connectivity index is 1.75. The van der Waals surface area contributed by atoms with E-state index in [1.165, 1.54) is 35.9 Å². The third-order valence-electron chi connectivity index (χ3n) is 4.17. The van der Waals surface area contributed by atoms with Crippen LogP contribution in [0.25, 0.3) is 10.9 Å². The van der Waals surface area contributed by atoms with Crippen molar-refractivity contribution in [1.82, 2.24) is 9.88 Å². The molecule has 0 bridgehead atoms. The first-order chi connectivity index (χ1) is 9.36. The molecule has 2 heterocycles. The second kappa shape index (κ2) is 5.76. The molecule has 102 valence electrons. The number of piperidine rings is 1. The number of benzene rings is 1. The molecule has 2 N–H and O–H groups in total. The molecule has 19 heavy (non-hydrogen) atoms. The second-order valence-electron chi connectivity index (χ2n) is 5.51. The van der Waals surface area contributed by atoms with Gasteiger partial charge < -0.3 is 10.1 Å². The van der Waals surface area contributed by atoms with E-state index in [9.17, 15) is 5.11 Å². The van der Waals surface area contributed by atoms with Crippen LogP contribution in [0.4, 0.5) is 0 Å². The van der Waals surface area contributed by atoms with Gasteiger partial charge in [0.2, 0.25) is 0 Å². The lowest BCUT2D eigenvalue weighted by Gasteiger charge is -2.35. The minimum Gasteiger partial charge on any atom is -0.396 e. The highest BCUT2D eigenvalue weighted by Gasteiger charge is 2.22. The fourth-order valence-electron chi connectivity index (χ4n) is 3.18. The van der Waals surface area contributed by atoms with E-state index in [0.717, 1.165) is 19.5 Å². The highest BCUT2D eigenvalue weighted by molar-refractivity contribution is 5.80. The first-order valence-electron chi connectivity index (χ1n) is 7.28. The van der Waals surface area contributed by atoms with Crippen LogP contribution < -0.4 is 0 Å². The zero-order chi connectivity index (χ0) is 13.1. The fourth-order valence-corrected chi connectivity index (χ4v) is 3.18. The summed E-state index contributed by atoms with van der Waals surface area (Å²) in [5, 5.41) is 10.5. The summed E-state index contributed by atoms with van der Waals surface area (Å²) in [5.74, 6) is 0. The first kappa shape index (κ1) is 12.7. The molecule has 1 aromatic carbocycles. The van der Waals surface area contributed by atoms with Gasteiger partial charge in [-0.3, -0.25) is 4.90 Å². The molecule has 0 radical (unpaired) electrons. The molecule has 0 spiro atoms. The maximum atomic E-state index is 9.18. The lowest BCUT2D eigenvalue weighted by Crippen LogP contribution is -2.39. The summed E-state index contributed by atoms with van der Waals surface area (Å²) in [5.41, 5.74) is 2.50. The number of rotatable bonds is 4. The molecule has 1 unspecified atom stereocenters. The number of para-hydroxylation sites is 1. The number of aliphatic hydroxyl groups excluding tert-OH is 1. The number of hydrogen-bond acceptors (Lipinski definition) is 2. The van der Waals surface area contributed by atoms with Gasteiger partial charge in [-0.1, -0.05) is 24.6 Å². The summed E-state index contributed by atoms with van der Waals surface area (Å²) in [6.07, 6.45) is 4.71. The first-order valence-corrected chi connectivity index (χ1v) is 7.28. The zero-order valence-corrected chi connectivity index (χ0v) is 11.3. The average Bonchev–Trinajstić information content (AvgIpc) is 2.83. The van der Waals surface area contributed by atoms with Gasteiger partial charge in [0.1, 0.15) is 0 Å². The molecule has 0 saturated carbocycles. The van der Waals surface area contributed by atoms with E-state index in [1.807, 2.05) is 0 Å². The molecule has 1 saturated heterocycles. The third-order valence-corrected chi connectivity index (χ3v) is 4.17. The monoisotopic (exact) mass is 258 g/mol. The maximum absolute atomic E-state index is 9.18. The van der Waals surface area contributed by atoms with Gasteiger partial charge >= 0.3 is 0 Å². The molecule has 1 aromatic heterocycles. The number of aromatic nitrogens is 1. The molecule has 1 aliphatic heterocycles. The molecule has 3 heteroatoms. The van der Waals surface area contributed by atoms with E-state index >= 15 is 0 Å². The molecule has 2 aromatic rings. The SMILES string of the molecule is OCCC1CCCCN1Cc1cc2ccccc2[nH]1. The summed E-state index contributed by atoms with van der Waals surface area (Å²) in [6, 6.07) is 11.2. The normalized spacial score (nSPS) is 21.0. The Morgan fingerprint density at radius 3 is 3.00 bits per heavy atom. The number of fused-ring (bicyclic) bond motifs is 1. The van der Waals surface area contributed by atoms with E-state index in [-0.39, 0.29) is 0 Å². The Kier molecular flexibility index (Phi) is 3.85. The Labute approximate surface area is 114 Å². The lowest BCUT2D eigenvalue weighted by molar-refractivity contribution is 0.111. The standard InChI is InChI=1S/C16H22N2O/c19-10-8-15-6-3-4-9-18(15)12-14-11-13-5-1-2-7-16(13)17-14/h1-2,5,7,11,15,17,19H,3-4,6,8-10,12H2. The van der Waals surface area contributed by atoms with Crippen LogP contribution in [0.2, 0.25) is 0 Å². The second-order valence-corrected chi connectivity index (χ2v) is 5.51. The molecule has 1 aliphatic rings. The fraction of sp³-hybridized carbons (Fsp3) is 0.500. The smallest absolute Gasteiger partial charge is 0.0456 e. The Morgan fingerprint density at radius 2 is 2.16 bits per heavy atom. The molecule has 3 rings (SSSR count). The van der Waals surface area contributed by atoms with Crippen LogP contribution in [0.15, 0.2) is 30.3 Å². The highest BCUT2D eigenvalue weighted by atomic mass is 16.3. The van der Waals surface area contributed by atoms with E-state index < -0.39 is 0 Å². The minimum absolute atomic E-state index is 0.299. The quantitative estimate of drug-likeness (QED) is 0.885. The van der Waals surface area contributed by atoms with Crippen molar-refractivity contribution in [2.24, 2.45) is 0 Å². The van der Waals surface area contributed by atoms with Crippen LogP contribution in [0, 0.1) is 0 Å². The number of nitrogens with zero attached hydrogens (tertiary/aromatic N) is 1. The van der Waals surface area contributed by atoms with Crippen LogP contribution >= 0.6 is 0 Å². The van der Waals surface area contributed by atoms with Gasteiger partial charge in [-0.2, -0.15) is 0 Å². The number of aromatic amines is 1. The van der Waals surface area contributed by atoms with Crippen molar-refractivity contribution in [3.05, 3.63) is 36.0 Å². The molecule has 3 nitrogen and oxygen atoms in total. The average molecular weight is 258 g/mol. The Morgan fingerprint density at radius 1 is 1.26 bits per heavy atom. The van der Waals surface area contributed by atoms with Gasteiger partial charge in [-0.05, 0) is 43.3 Å². The van der Waals surface area contributed by atoms with Crippen LogP contribution in [0.3, 0.4) is 0 Å². The van der Waals surface area contributed by atoms with Crippen LogP contribution in [0.5, 0.6) is 0 Å². The molecule has 1 atom stereocenters. The maximum Gasteiger partial charge on any atom is 0.0456 e. The molecule has 0 aliphatic carbocycles. The van der Waals surface area contributed by atoms with Crippen molar-refractivity contribution in [2.75, 3.05) is 13.2 Å². The summed E-state index contributed by atoms with van der Waals surface area (Å²) in [6.45, 7) is 2.42. The molecular weight excluding hydrogens is 236 g/mol. The lowest BCUT2D eigenvalue weighted by atomic mass is 9.99. The third kappa shape index (κ3) is 2.82. The summed E-state index contributed by atoms with van der Waals surface area (Å²) in [4.78, 5) is 6.02. The summed E-state index contributed by atoms with van der Waals surface area (Å²) in [7, 11) is 0. The Bertz CT molecular complexity index is 499. The van der Waals surface area contributed by atoms with E-state index in [1.54, 1.807) is 0 Å². The van der Waals surface area contributed by atoms with Crippen molar-refractivity contribution >= 4 is 10.9 Å². The van der Waals surface area contributed by atoms with Crippen molar-refractivity contribution in [3.8, 4) is 0 Å². The number of likely N-dealkylation sites (tertiary alicyclic amines) is 1. The van der Waals surface area contributed by atoms with Crippen LogP contribution in [-0.4, -0.2) is 34.2 Å². The summed E-state index contributed by atoms with van der Waals surface area (Å²) >= 11 is 0. The predicted molar refractivity (Wildman–Crippen MR) is 78.1 cm³/mol. The van der Waals surface area contributed by atoms with Crippen molar-refractivity contribution in [3.63, 3.8) is 0 Å². The zero-order valence-electron chi connectivity index (χ0n) is 11.3. The van der Waals surface area contributed by atoms with Crippen LogP contribution in [-0.2, 0) is 6.54 Å². The van der Waals surface area contributed by atoms with E-state index in [4.69, 9.17) is 0 Å². The van der Waals surface area contributed by atoms with Gasteiger partial charge in [0.15, 0.2) is 0 Å². The topological polar surface area (TPSA) is 39.3 Å². The predicted octanol–water partition coefficient (Wildman–Crippen LogP) is 2.90. The minimum atomic E-state index is 0.299. The van der Waals surface area contributed by atoms with Crippen molar-refractivity contribution < 1.29 is 5.11 Å². The number of aliphatic hydroxyl groups is 1. The number of H-pyrrole nitrogens is 1. The van der Waals surface area contributed by atoms with Gasteiger partial charge in [-0.15, -0.1) is 0 Å². The van der Waals surface area contributed by atoms with Crippen LogP contribution in [0.1, 0.15) is 31.4 Å². The summed E-state index contributed by atoms with van der Waals surface area (Å²) < 4.78 is 0. The number of hydrogen-bond donors (Lipinski definition) is 2. The Hall–Kier alpha value is -1.32. The van der Waals surface area contributed by atoms with Crippen molar-refractivity contribution in [2.45, 2.75) is 38.3 Å². The molecule has 0 amide bonds. The highest BCUT2D eigenvalue weighted by Crippen LogP contribution is 2.23. The van der Waals surface area contributed by atoms with Gasteiger partial charge in [0.05, 0.1) is 0 Å². The van der Waals surface area contributed by atoms with Gasteiger partial charge in [0.25, 0.3) is 0 Å². The van der Waals surface area contributed by atoms with E-state index in [2.05, 4.69) is 40.2 Å². The largest absolute Gasteiger partial charge is 0.396 e. The van der Waals surface area contributed by atoms with Crippen molar-refractivity contribution in [1.29, 1.82) is 0 Å². The number of nitrogens with one attached hydrogen (secondary N) is 1. The molecular formula is C16H22N2O. The van der Waals surface area contributed by atoms with Gasteiger partial charge in [0, 0.05) is 30.4 Å². The van der Waals surface area contributed by atoms with E-state index in [0.29, 0.717) is 12.6 Å². The van der Waals surface area contributed by atoms with Gasteiger partial charge in [-0.25, -0.2) is 0 Å².